The molecule has 2 aromatic carbocycles. The summed E-state index contributed by atoms with van der Waals surface area (Å²) in [6.45, 7) is 3.55. The van der Waals surface area contributed by atoms with E-state index in [4.69, 9.17) is 0 Å². The first-order chi connectivity index (χ1) is 8.68. The van der Waals surface area contributed by atoms with E-state index in [0.717, 1.165) is 16.7 Å². The highest BCUT2D eigenvalue weighted by molar-refractivity contribution is 5.96. The molecule has 0 heterocycles. The molecule has 0 aliphatic heterocycles. The fourth-order valence-corrected chi connectivity index (χ4v) is 2.08. The number of carbonyl (C=O) groups is 1. The maximum atomic E-state index is 11.2. The van der Waals surface area contributed by atoms with Gasteiger partial charge in [-0.25, -0.2) is 0 Å². The Balaban J connectivity index is 2.54. The molecule has 0 N–H and O–H groups in total. The summed E-state index contributed by atoms with van der Waals surface area (Å²) in [5, 5.41) is 0. The molecule has 0 saturated heterocycles. The molecule has 0 bridgehead atoms. The summed E-state index contributed by atoms with van der Waals surface area (Å²) >= 11 is 0. The smallest absolute Gasteiger partial charge is 0.152 e. The molecule has 0 fully saturated rings. The third-order valence-electron chi connectivity index (χ3n) is 2.86. The third kappa shape index (κ3) is 2.75. The van der Waals surface area contributed by atoms with Crippen LogP contribution in [0.15, 0.2) is 60.7 Å². The third-order valence-corrected chi connectivity index (χ3v) is 2.86. The minimum atomic E-state index is 0.0790. The molecule has 0 atom stereocenters. The fourth-order valence-electron chi connectivity index (χ4n) is 2.08. The Bertz CT molecular complexity index is 580. The molecule has 0 spiro atoms. The van der Waals surface area contributed by atoms with Crippen molar-refractivity contribution in [2.24, 2.45) is 0 Å². The molecule has 1 nitrogen and oxygen atoms in total. The van der Waals surface area contributed by atoms with Crippen LogP contribution >= 0.6 is 0 Å². The van der Waals surface area contributed by atoms with Crippen LogP contribution in [0.1, 0.15) is 19.4 Å². The molecule has 0 aliphatic rings. The molecule has 2 aromatic rings. The van der Waals surface area contributed by atoms with E-state index in [2.05, 4.69) is 24.3 Å². The Labute approximate surface area is 108 Å². The van der Waals surface area contributed by atoms with E-state index in [1.807, 2.05) is 37.3 Å². The summed E-state index contributed by atoms with van der Waals surface area (Å²) in [6.07, 6.45) is 1.68. The van der Waals surface area contributed by atoms with Crippen LogP contribution in [-0.2, 0) is 4.79 Å². The van der Waals surface area contributed by atoms with Crippen LogP contribution in [0.4, 0.5) is 0 Å². The number of rotatable bonds is 3. The quantitative estimate of drug-likeness (QED) is 0.724. The molecule has 18 heavy (non-hydrogen) atoms. The lowest BCUT2D eigenvalue weighted by atomic mass is 9.95. The lowest BCUT2D eigenvalue weighted by molar-refractivity contribution is -0.112. The first-order valence-corrected chi connectivity index (χ1v) is 6.02. The summed E-state index contributed by atoms with van der Waals surface area (Å²) in [6, 6.07) is 18.4. The van der Waals surface area contributed by atoms with Gasteiger partial charge in [0.2, 0.25) is 0 Å². The first-order valence-electron chi connectivity index (χ1n) is 6.02. The second-order valence-electron chi connectivity index (χ2n) is 4.35. The summed E-state index contributed by atoms with van der Waals surface area (Å²) in [5.41, 5.74) is 4.44. The Hall–Kier alpha value is -2.15. The lowest BCUT2D eigenvalue weighted by Crippen LogP contribution is -1.90. The van der Waals surface area contributed by atoms with Crippen LogP contribution in [-0.4, -0.2) is 5.78 Å². The van der Waals surface area contributed by atoms with Gasteiger partial charge in [-0.2, -0.15) is 0 Å². The Morgan fingerprint density at radius 2 is 1.50 bits per heavy atom. The number of ketones is 1. The van der Waals surface area contributed by atoms with Gasteiger partial charge in [-0.1, -0.05) is 54.6 Å². The van der Waals surface area contributed by atoms with Crippen LogP contribution in [0.5, 0.6) is 0 Å². The van der Waals surface area contributed by atoms with E-state index in [1.54, 1.807) is 13.0 Å². The molecular weight excluding hydrogens is 220 g/mol. The lowest BCUT2D eigenvalue weighted by Gasteiger charge is -2.09. The van der Waals surface area contributed by atoms with E-state index in [0.29, 0.717) is 0 Å². The molecular formula is C17H16O. The van der Waals surface area contributed by atoms with E-state index < -0.39 is 0 Å². The van der Waals surface area contributed by atoms with Crippen LogP contribution in [0.25, 0.3) is 16.7 Å². The average Bonchev–Trinajstić information content (AvgIpc) is 2.39. The highest BCUT2D eigenvalue weighted by atomic mass is 16.1. The van der Waals surface area contributed by atoms with Crippen LogP contribution in [0.2, 0.25) is 0 Å². The Morgan fingerprint density at radius 3 is 2.17 bits per heavy atom. The van der Waals surface area contributed by atoms with Gasteiger partial charge in [-0.15, -0.1) is 0 Å². The van der Waals surface area contributed by atoms with Crippen LogP contribution < -0.4 is 0 Å². The van der Waals surface area contributed by atoms with Crippen molar-refractivity contribution in [1.29, 1.82) is 0 Å². The van der Waals surface area contributed by atoms with E-state index in [1.165, 1.54) is 5.56 Å². The van der Waals surface area contributed by atoms with Crippen molar-refractivity contribution >= 4 is 11.4 Å². The van der Waals surface area contributed by atoms with Crippen LogP contribution in [0, 0.1) is 0 Å². The SMILES string of the molecule is CC(=O)/C=C(/C)c1ccccc1-c1ccccc1. The molecule has 90 valence electrons. The molecule has 2 rings (SSSR count). The van der Waals surface area contributed by atoms with Gasteiger partial charge in [0, 0.05) is 0 Å². The highest BCUT2D eigenvalue weighted by Gasteiger charge is 2.05. The standard InChI is InChI=1S/C17H16O/c1-13(12-14(2)18)16-10-6-7-11-17(16)15-8-4-3-5-9-15/h3-12H,1-2H3/b13-12-. The Kier molecular flexibility index (Phi) is 3.73. The minimum Gasteiger partial charge on any atom is -0.295 e. The highest BCUT2D eigenvalue weighted by Crippen LogP contribution is 2.28. The molecule has 0 aromatic heterocycles. The van der Waals surface area contributed by atoms with E-state index in [-0.39, 0.29) is 5.78 Å². The predicted molar refractivity (Wildman–Crippen MR) is 76.2 cm³/mol. The normalized spacial score (nSPS) is 11.3. The molecule has 0 aliphatic carbocycles. The van der Waals surface area contributed by atoms with Crippen molar-refractivity contribution in [3.63, 3.8) is 0 Å². The number of benzene rings is 2. The Morgan fingerprint density at radius 1 is 0.889 bits per heavy atom. The van der Waals surface area contributed by atoms with Crippen molar-refractivity contribution in [2.45, 2.75) is 13.8 Å². The monoisotopic (exact) mass is 236 g/mol. The van der Waals surface area contributed by atoms with Gasteiger partial charge >= 0.3 is 0 Å². The fraction of sp³-hybridized carbons (Fsp3) is 0.118. The van der Waals surface area contributed by atoms with Crippen molar-refractivity contribution in [1.82, 2.24) is 0 Å². The van der Waals surface area contributed by atoms with Crippen LogP contribution in [0.3, 0.4) is 0 Å². The average molecular weight is 236 g/mol. The topological polar surface area (TPSA) is 17.1 Å². The van der Waals surface area contributed by atoms with Crippen molar-refractivity contribution in [2.75, 3.05) is 0 Å². The van der Waals surface area contributed by atoms with Crippen molar-refractivity contribution < 1.29 is 4.79 Å². The number of hydrogen-bond donors (Lipinski definition) is 0. The summed E-state index contributed by atoms with van der Waals surface area (Å²) in [5.74, 6) is 0.0790. The van der Waals surface area contributed by atoms with E-state index in [9.17, 15) is 4.79 Å². The van der Waals surface area contributed by atoms with Gasteiger partial charge in [-0.05, 0) is 42.2 Å². The summed E-state index contributed by atoms with van der Waals surface area (Å²) in [4.78, 5) is 11.2. The van der Waals surface area contributed by atoms with Gasteiger partial charge in [0.05, 0.1) is 0 Å². The van der Waals surface area contributed by atoms with E-state index >= 15 is 0 Å². The first kappa shape index (κ1) is 12.3. The van der Waals surface area contributed by atoms with Gasteiger partial charge in [0.25, 0.3) is 0 Å². The van der Waals surface area contributed by atoms with Gasteiger partial charge < -0.3 is 0 Å². The second-order valence-corrected chi connectivity index (χ2v) is 4.35. The number of allylic oxidation sites excluding steroid dienone is 2. The zero-order valence-electron chi connectivity index (χ0n) is 10.7. The minimum absolute atomic E-state index is 0.0790. The van der Waals surface area contributed by atoms with Gasteiger partial charge in [-0.3, -0.25) is 4.79 Å². The molecule has 0 radical (unpaired) electrons. The maximum Gasteiger partial charge on any atom is 0.152 e. The van der Waals surface area contributed by atoms with Crippen molar-refractivity contribution in [3.8, 4) is 11.1 Å². The van der Waals surface area contributed by atoms with Gasteiger partial charge in [0.1, 0.15) is 0 Å². The molecule has 1 heteroatoms. The largest absolute Gasteiger partial charge is 0.295 e. The molecule has 0 saturated carbocycles. The maximum absolute atomic E-state index is 11.2. The second kappa shape index (κ2) is 5.46. The number of carbonyl (C=O) groups excluding carboxylic acids is 1. The zero-order valence-corrected chi connectivity index (χ0v) is 10.7. The number of hydrogen-bond acceptors (Lipinski definition) is 1. The predicted octanol–water partition coefficient (Wildman–Crippen LogP) is 4.35. The molecule has 0 unspecified atom stereocenters. The molecule has 0 amide bonds. The van der Waals surface area contributed by atoms with Crippen molar-refractivity contribution in [3.05, 3.63) is 66.2 Å². The summed E-state index contributed by atoms with van der Waals surface area (Å²) in [7, 11) is 0. The zero-order chi connectivity index (χ0) is 13.0. The van der Waals surface area contributed by atoms with Gasteiger partial charge in [0.15, 0.2) is 5.78 Å². The summed E-state index contributed by atoms with van der Waals surface area (Å²) < 4.78 is 0.